The van der Waals surface area contributed by atoms with Crippen molar-refractivity contribution in [3.8, 4) is 23.0 Å². The van der Waals surface area contributed by atoms with E-state index < -0.39 is 23.1 Å². The van der Waals surface area contributed by atoms with Gasteiger partial charge >= 0.3 is 0 Å². The van der Waals surface area contributed by atoms with E-state index in [0.717, 1.165) is 44.5 Å². The zero-order chi connectivity index (χ0) is 43.0. The lowest BCUT2D eigenvalue weighted by atomic mass is 9.86. The average molecular weight is 828 g/mol. The molecule has 0 fully saturated rings. The van der Waals surface area contributed by atoms with Gasteiger partial charge in [-0.15, -0.1) is 0 Å². The van der Waals surface area contributed by atoms with Crippen LogP contribution < -0.4 is 14.2 Å². The van der Waals surface area contributed by atoms with Crippen LogP contribution in [0.5, 0.6) is 23.0 Å². The molecule has 0 N–H and O–H groups in total. The topological polar surface area (TPSA) is 96.0 Å². The Kier molecular flexibility index (Phi) is 12.3. The Morgan fingerprint density at radius 2 is 0.729 bits per heavy atom. The minimum Gasteiger partial charge on any atom is -0.496 e. The van der Waals surface area contributed by atoms with Crippen LogP contribution in [-0.2, 0) is 0 Å². The number of carbonyl (C=O) groups excluding carboxylic acids is 4. The van der Waals surface area contributed by atoms with Gasteiger partial charge in [-0.25, -0.2) is 0 Å². The van der Waals surface area contributed by atoms with Crippen molar-refractivity contribution in [3.63, 3.8) is 0 Å². The maximum absolute atomic E-state index is 15.0. The Balaban J connectivity index is 1.66. The van der Waals surface area contributed by atoms with Crippen molar-refractivity contribution in [1.29, 1.82) is 0 Å². The number of ketones is 4. The molecule has 0 radical (unpaired) electrons. The van der Waals surface area contributed by atoms with Crippen LogP contribution in [0, 0.1) is 55.4 Å². The zero-order valence-corrected chi connectivity index (χ0v) is 36.2. The van der Waals surface area contributed by atoms with Gasteiger partial charge in [0, 0.05) is 22.3 Å². The molecule has 0 saturated carbocycles. The first-order chi connectivity index (χ1) is 28.0. The average Bonchev–Trinajstić information content (AvgIpc) is 3.21. The van der Waals surface area contributed by atoms with E-state index in [1.54, 1.807) is 60.7 Å². The molecule has 59 heavy (non-hydrogen) atoms. The second-order valence-electron chi connectivity index (χ2n) is 14.7. The number of carbonyl (C=O) groups is 4. The summed E-state index contributed by atoms with van der Waals surface area (Å²) in [5.74, 6) is -1.89. The van der Waals surface area contributed by atoms with E-state index in [1.807, 2.05) is 67.5 Å². The van der Waals surface area contributed by atoms with Crippen LogP contribution in [0.3, 0.4) is 0 Å². The summed E-state index contributed by atoms with van der Waals surface area (Å²) >= 11 is 13.4. The molecule has 0 unspecified atom stereocenters. The number of hydrogen-bond acceptors (Lipinski definition) is 7. The summed E-state index contributed by atoms with van der Waals surface area (Å²) in [5.41, 5.74) is 7.72. The summed E-state index contributed by atoms with van der Waals surface area (Å²) in [6, 6.07) is 22.9. The standard InChI is InChI=1S/C50H44Cl2O7/c1-25-23-27(3)41(31(7)29(25)5)47(53)33-15-11-21-39(43(33)49(55)45-35(51)17-13-19-37(45)57-9)59-40-22-12-16-34(48(54)42-28(4)24-26(2)30(6)32(42)8)44(40)50(56)46-36(52)18-14-20-38(46)58-10/h11-24H,1-10H3. The SMILES string of the molecule is COc1cccc(Cl)c1C(=O)c1c(Oc2cccc(C(=O)c3c(C)cc(C)c(C)c3C)c2C(=O)c2c(Cl)cccc2OC)cccc1C(=O)c1c(C)cc(C)c(C)c1C. The normalized spacial score (nSPS) is 11.0. The fourth-order valence-corrected chi connectivity index (χ4v) is 8.28. The Labute approximate surface area is 354 Å². The smallest absolute Gasteiger partial charge is 0.202 e. The molecule has 0 aliphatic carbocycles. The molecule has 9 heteroatoms. The Bertz CT molecular complexity index is 2560. The number of rotatable bonds is 12. The van der Waals surface area contributed by atoms with Crippen LogP contribution in [-0.4, -0.2) is 37.4 Å². The largest absolute Gasteiger partial charge is 0.496 e. The first kappa shape index (κ1) is 42.6. The lowest BCUT2D eigenvalue weighted by molar-refractivity contribution is 0.0996. The fraction of sp³-hybridized carbons (Fsp3) is 0.200. The van der Waals surface area contributed by atoms with Crippen molar-refractivity contribution in [2.24, 2.45) is 0 Å². The molecule has 6 aromatic rings. The van der Waals surface area contributed by atoms with E-state index in [-0.39, 0.29) is 66.4 Å². The van der Waals surface area contributed by atoms with Crippen LogP contribution in [0.25, 0.3) is 0 Å². The molecular formula is C50H44Cl2O7. The third-order valence-corrected chi connectivity index (χ3v) is 11.9. The summed E-state index contributed by atoms with van der Waals surface area (Å²) in [7, 11) is 2.84. The van der Waals surface area contributed by atoms with Crippen LogP contribution >= 0.6 is 23.2 Å². The van der Waals surface area contributed by atoms with Crippen molar-refractivity contribution >= 4 is 46.3 Å². The number of aryl methyl sites for hydroxylation is 4. The molecule has 0 aliphatic rings. The molecule has 0 amide bonds. The lowest BCUT2D eigenvalue weighted by Crippen LogP contribution is -2.18. The molecule has 0 aromatic heterocycles. The van der Waals surface area contributed by atoms with Crippen LogP contribution in [0.4, 0.5) is 0 Å². The Hall–Kier alpha value is -6.02. The van der Waals surface area contributed by atoms with Gasteiger partial charge < -0.3 is 14.2 Å². The van der Waals surface area contributed by atoms with Crippen molar-refractivity contribution < 1.29 is 33.4 Å². The van der Waals surface area contributed by atoms with Crippen molar-refractivity contribution in [2.45, 2.75) is 55.4 Å². The second kappa shape index (κ2) is 17.1. The highest BCUT2D eigenvalue weighted by atomic mass is 35.5. The Morgan fingerprint density at radius 3 is 1.08 bits per heavy atom. The zero-order valence-electron chi connectivity index (χ0n) is 34.7. The van der Waals surface area contributed by atoms with Gasteiger partial charge in [0.05, 0.1) is 46.5 Å². The molecule has 7 nitrogen and oxygen atoms in total. The predicted octanol–water partition coefficient (Wildman–Crippen LogP) is 12.2. The monoisotopic (exact) mass is 826 g/mol. The van der Waals surface area contributed by atoms with E-state index in [9.17, 15) is 9.59 Å². The maximum Gasteiger partial charge on any atom is 0.202 e. The number of hydrogen-bond donors (Lipinski definition) is 0. The van der Waals surface area contributed by atoms with Gasteiger partial charge in [-0.05, 0) is 136 Å². The molecule has 300 valence electrons. The molecule has 0 bridgehead atoms. The van der Waals surface area contributed by atoms with E-state index in [0.29, 0.717) is 11.1 Å². The van der Waals surface area contributed by atoms with E-state index in [4.69, 9.17) is 37.4 Å². The molecular weight excluding hydrogens is 783 g/mol. The maximum atomic E-state index is 15.0. The van der Waals surface area contributed by atoms with E-state index >= 15 is 9.59 Å². The van der Waals surface area contributed by atoms with Gasteiger partial charge in [0.15, 0.2) is 11.6 Å². The van der Waals surface area contributed by atoms with E-state index in [2.05, 4.69) is 0 Å². The summed E-state index contributed by atoms with van der Waals surface area (Å²) in [4.78, 5) is 59.7. The second-order valence-corrected chi connectivity index (χ2v) is 15.5. The minimum atomic E-state index is -0.653. The number of ether oxygens (including phenoxy) is 3. The van der Waals surface area contributed by atoms with Gasteiger partial charge in [0.25, 0.3) is 0 Å². The molecule has 6 aromatic carbocycles. The van der Waals surface area contributed by atoms with Gasteiger partial charge in [-0.2, -0.15) is 0 Å². The van der Waals surface area contributed by atoms with Gasteiger partial charge in [0.2, 0.25) is 11.6 Å². The summed E-state index contributed by atoms with van der Waals surface area (Å²) in [6.07, 6.45) is 0. The van der Waals surface area contributed by atoms with Crippen LogP contribution in [0.2, 0.25) is 10.0 Å². The van der Waals surface area contributed by atoms with E-state index in [1.165, 1.54) is 26.4 Å². The quantitative estimate of drug-likeness (QED) is 0.113. The van der Waals surface area contributed by atoms with Gasteiger partial charge in [0.1, 0.15) is 23.0 Å². The molecule has 0 atom stereocenters. The van der Waals surface area contributed by atoms with Crippen molar-refractivity contribution in [1.82, 2.24) is 0 Å². The highest BCUT2D eigenvalue weighted by Gasteiger charge is 2.33. The third kappa shape index (κ3) is 7.69. The molecule has 0 heterocycles. The number of halogens is 2. The fourth-order valence-electron chi connectivity index (χ4n) is 7.77. The van der Waals surface area contributed by atoms with Crippen LogP contribution in [0.1, 0.15) is 108 Å². The summed E-state index contributed by atoms with van der Waals surface area (Å²) in [5, 5.41) is 0.184. The minimum absolute atomic E-state index is 0.0111. The number of benzene rings is 6. The van der Waals surface area contributed by atoms with Crippen molar-refractivity contribution in [2.75, 3.05) is 14.2 Å². The van der Waals surface area contributed by atoms with Crippen molar-refractivity contribution in [3.05, 3.63) is 184 Å². The molecule has 6 rings (SSSR count). The summed E-state index contributed by atoms with van der Waals surface area (Å²) in [6.45, 7) is 15.3. The predicted molar refractivity (Wildman–Crippen MR) is 233 cm³/mol. The lowest BCUT2D eigenvalue weighted by Gasteiger charge is -2.21. The van der Waals surface area contributed by atoms with Gasteiger partial charge in [-0.1, -0.05) is 71.7 Å². The van der Waals surface area contributed by atoms with Crippen LogP contribution in [0.15, 0.2) is 84.9 Å². The third-order valence-electron chi connectivity index (χ3n) is 11.2. The van der Waals surface area contributed by atoms with Gasteiger partial charge in [-0.3, -0.25) is 19.2 Å². The molecule has 0 spiro atoms. The molecule has 0 aliphatic heterocycles. The highest BCUT2D eigenvalue weighted by Crippen LogP contribution is 2.41. The summed E-state index contributed by atoms with van der Waals surface area (Å²) < 4.78 is 17.9. The highest BCUT2D eigenvalue weighted by molar-refractivity contribution is 6.37. The molecule has 0 saturated heterocycles. The first-order valence-electron chi connectivity index (χ1n) is 19.0. The Morgan fingerprint density at radius 1 is 0.390 bits per heavy atom. The first-order valence-corrected chi connectivity index (χ1v) is 19.7. The number of methoxy groups -OCH3 is 2.